The van der Waals surface area contributed by atoms with E-state index in [0.29, 0.717) is 24.1 Å². The fourth-order valence-electron chi connectivity index (χ4n) is 1.41. The summed E-state index contributed by atoms with van der Waals surface area (Å²) in [5, 5.41) is 0. The van der Waals surface area contributed by atoms with Crippen LogP contribution in [0, 0.1) is 0 Å². The molecule has 1 aromatic heterocycles. The molecule has 5 nitrogen and oxygen atoms in total. The Hall–Kier alpha value is -1.36. The largest absolute Gasteiger partial charge is 0.477 e. The van der Waals surface area contributed by atoms with Crippen molar-refractivity contribution in [3.8, 4) is 5.88 Å². The fourth-order valence-corrected chi connectivity index (χ4v) is 1.41. The number of anilines is 1. The maximum absolute atomic E-state index is 5.77. The molecule has 0 bridgehead atoms. The SMILES string of the molecule is CN(C)CCCOc1cc(N)nc(C(C)(C)C)n1. The van der Waals surface area contributed by atoms with Gasteiger partial charge in [-0.25, -0.2) is 4.98 Å². The Morgan fingerprint density at radius 3 is 2.50 bits per heavy atom. The third-order valence-corrected chi connectivity index (χ3v) is 2.39. The lowest BCUT2D eigenvalue weighted by Gasteiger charge is -2.18. The van der Waals surface area contributed by atoms with Crippen LogP contribution in [0.3, 0.4) is 0 Å². The molecule has 0 amide bonds. The lowest BCUT2D eigenvalue weighted by atomic mass is 9.96. The van der Waals surface area contributed by atoms with E-state index in [1.807, 2.05) is 14.1 Å². The highest BCUT2D eigenvalue weighted by Crippen LogP contribution is 2.22. The molecule has 102 valence electrons. The average molecular weight is 252 g/mol. The van der Waals surface area contributed by atoms with Crippen LogP contribution in [0.2, 0.25) is 0 Å². The van der Waals surface area contributed by atoms with Crippen LogP contribution in [-0.2, 0) is 5.41 Å². The Balaban J connectivity index is 2.63. The van der Waals surface area contributed by atoms with E-state index < -0.39 is 0 Å². The number of nitrogens with zero attached hydrogens (tertiary/aromatic N) is 3. The van der Waals surface area contributed by atoms with E-state index >= 15 is 0 Å². The smallest absolute Gasteiger partial charge is 0.218 e. The molecule has 0 saturated heterocycles. The van der Waals surface area contributed by atoms with Crippen molar-refractivity contribution >= 4 is 5.82 Å². The molecular formula is C13H24N4O. The lowest BCUT2D eigenvalue weighted by molar-refractivity contribution is 0.271. The third kappa shape index (κ3) is 4.87. The zero-order chi connectivity index (χ0) is 13.8. The first-order valence-electron chi connectivity index (χ1n) is 6.21. The van der Waals surface area contributed by atoms with Crippen LogP contribution >= 0.6 is 0 Å². The molecule has 0 aliphatic rings. The third-order valence-electron chi connectivity index (χ3n) is 2.39. The van der Waals surface area contributed by atoms with Crippen LogP contribution < -0.4 is 10.5 Å². The van der Waals surface area contributed by atoms with Gasteiger partial charge in [0.15, 0.2) is 0 Å². The summed E-state index contributed by atoms with van der Waals surface area (Å²) in [5.74, 6) is 1.73. The number of rotatable bonds is 5. The first kappa shape index (κ1) is 14.7. The van der Waals surface area contributed by atoms with Crippen LogP contribution in [0.1, 0.15) is 33.0 Å². The Kier molecular flexibility index (Phi) is 4.90. The minimum absolute atomic E-state index is 0.128. The number of hydrogen-bond donors (Lipinski definition) is 1. The molecule has 0 unspecified atom stereocenters. The second-order valence-electron chi connectivity index (χ2n) is 5.71. The first-order chi connectivity index (χ1) is 8.29. The van der Waals surface area contributed by atoms with Crippen molar-refractivity contribution < 1.29 is 4.74 Å². The van der Waals surface area contributed by atoms with E-state index in [4.69, 9.17) is 10.5 Å². The highest BCUT2D eigenvalue weighted by molar-refractivity contribution is 5.34. The van der Waals surface area contributed by atoms with E-state index in [2.05, 4.69) is 35.6 Å². The lowest BCUT2D eigenvalue weighted by Crippen LogP contribution is -2.18. The van der Waals surface area contributed by atoms with Crippen molar-refractivity contribution in [1.82, 2.24) is 14.9 Å². The molecule has 0 radical (unpaired) electrons. The van der Waals surface area contributed by atoms with Crippen molar-refractivity contribution in [2.75, 3.05) is 33.0 Å². The number of ether oxygens (including phenoxy) is 1. The standard InChI is InChI=1S/C13H24N4O/c1-13(2,3)12-15-10(14)9-11(16-12)18-8-6-7-17(4)5/h9H,6-8H2,1-5H3,(H2,14,15,16). The predicted molar refractivity (Wildman–Crippen MR) is 73.8 cm³/mol. The number of nitrogen functional groups attached to an aromatic ring is 1. The second-order valence-corrected chi connectivity index (χ2v) is 5.71. The van der Waals surface area contributed by atoms with Crippen molar-refractivity contribution in [2.45, 2.75) is 32.6 Å². The fraction of sp³-hybridized carbons (Fsp3) is 0.692. The van der Waals surface area contributed by atoms with Gasteiger partial charge in [-0.1, -0.05) is 20.8 Å². The predicted octanol–water partition coefficient (Wildman–Crippen LogP) is 1.69. The van der Waals surface area contributed by atoms with E-state index in [1.165, 1.54) is 0 Å². The van der Waals surface area contributed by atoms with Gasteiger partial charge < -0.3 is 15.4 Å². The Morgan fingerprint density at radius 2 is 1.94 bits per heavy atom. The van der Waals surface area contributed by atoms with Crippen LogP contribution in [0.25, 0.3) is 0 Å². The summed E-state index contributed by atoms with van der Waals surface area (Å²) in [6, 6.07) is 1.67. The van der Waals surface area contributed by atoms with Gasteiger partial charge in [-0.3, -0.25) is 0 Å². The normalized spacial score (nSPS) is 11.9. The van der Waals surface area contributed by atoms with E-state index in [9.17, 15) is 0 Å². The quantitative estimate of drug-likeness (QED) is 0.808. The molecule has 1 rings (SSSR count). The summed E-state index contributed by atoms with van der Waals surface area (Å²) >= 11 is 0. The minimum Gasteiger partial charge on any atom is -0.477 e. The molecule has 0 saturated carbocycles. The topological polar surface area (TPSA) is 64.3 Å². The van der Waals surface area contributed by atoms with E-state index in [0.717, 1.165) is 13.0 Å². The van der Waals surface area contributed by atoms with Crippen molar-refractivity contribution in [3.05, 3.63) is 11.9 Å². The van der Waals surface area contributed by atoms with Gasteiger partial charge in [0.05, 0.1) is 6.61 Å². The van der Waals surface area contributed by atoms with Gasteiger partial charge in [-0.05, 0) is 20.5 Å². The van der Waals surface area contributed by atoms with Crippen LogP contribution in [0.4, 0.5) is 5.82 Å². The van der Waals surface area contributed by atoms with Gasteiger partial charge in [0.25, 0.3) is 0 Å². The highest BCUT2D eigenvalue weighted by atomic mass is 16.5. The summed E-state index contributed by atoms with van der Waals surface area (Å²) in [6.45, 7) is 7.79. The van der Waals surface area contributed by atoms with E-state index in [1.54, 1.807) is 6.07 Å². The second kappa shape index (κ2) is 6.00. The number of nitrogens with two attached hydrogens (primary N) is 1. The summed E-state index contributed by atoms with van der Waals surface area (Å²) in [6.07, 6.45) is 0.960. The Bertz CT molecular complexity index is 385. The van der Waals surface area contributed by atoms with Crippen molar-refractivity contribution in [1.29, 1.82) is 0 Å². The zero-order valence-corrected chi connectivity index (χ0v) is 12.0. The molecule has 0 aliphatic heterocycles. The van der Waals surface area contributed by atoms with Crippen LogP contribution in [0.5, 0.6) is 5.88 Å². The maximum atomic E-state index is 5.77. The monoisotopic (exact) mass is 252 g/mol. The molecule has 0 fully saturated rings. The van der Waals surface area contributed by atoms with Crippen molar-refractivity contribution in [2.24, 2.45) is 0 Å². The Morgan fingerprint density at radius 1 is 1.28 bits per heavy atom. The average Bonchev–Trinajstić information content (AvgIpc) is 2.22. The number of aromatic nitrogens is 2. The zero-order valence-electron chi connectivity index (χ0n) is 12.0. The molecule has 0 spiro atoms. The van der Waals surface area contributed by atoms with Gasteiger partial charge in [0.2, 0.25) is 5.88 Å². The molecule has 2 N–H and O–H groups in total. The van der Waals surface area contributed by atoms with Gasteiger partial charge in [0.1, 0.15) is 11.6 Å². The molecular weight excluding hydrogens is 228 g/mol. The first-order valence-corrected chi connectivity index (χ1v) is 6.21. The van der Waals surface area contributed by atoms with Crippen LogP contribution in [-0.4, -0.2) is 42.1 Å². The maximum Gasteiger partial charge on any atom is 0.218 e. The van der Waals surface area contributed by atoms with Gasteiger partial charge in [-0.2, -0.15) is 4.98 Å². The van der Waals surface area contributed by atoms with Gasteiger partial charge in [0, 0.05) is 18.0 Å². The van der Waals surface area contributed by atoms with E-state index in [-0.39, 0.29) is 5.41 Å². The Labute approximate surface area is 109 Å². The summed E-state index contributed by atoms with van der Waals surface area (Å²) in [4.78, 5) is 10.8. The molecule has 1 heterocycles. The molecule has 0 aliphatic carbocycles. The summed E-state index contributed by atoms with van der Waals surface area (Å²) in [5.41, 5.74) is 5.64. The van der Waals surface area contributed by atoms with Gasteiger partial charge >= 0.3 is 0 Å². The molecule has 0 aromatic carbocycles. The summed E-state index contributed by atoms with van der Waals surface area (Å²) < 4.78 is 5.62. The molecule has 1 aromatic rings. The minimum atomic E-state index is -0.128. The van der Waals surface area contributed by atoms with Gasteiger partial charge in [-0.15, -0.1) is 0 Å². The van der Waals surface area contributed by atoms with Crippen molar-refractivity contribution in [3.63, 3.8) is 0 Å². The molecule has 0 atom stereocenters. The van der Waals surface area contributed by atoms with Crippen LogP contribution in [0.15, 0.2) is 6.07 Å². The molecule has 5 heteroatoms. The summed E-state index contributed by atoms with van der Waals surface area (Å²) in [7, 11) is 4.08. The number of hydrogen-bond acceptors (Lipinski definition) is 5. The molecule has 18 heavy (non-hydrogen) atoms. The highest BCUT2D eigenvalue weighted by Gasteiger charge is 2.18.